The molecule has 0 amide bonds. The maximum Gasteiger partial charge on any atom is 0.168 e. The van der Waals surface area contributed by atoms with Gasteiger partial charge < -0.3 is 0 Å². The first-order chi connectivity index (χ1) is 10.7. The molecule has 1 heterocycles. The summed E-state index contributed by atoms with van der Waals surface area (Å²) in [4.78, 5) is 16.6. The van der Waals surface area contributed by atoms with E-state index >= 15 is 0 Å². The highest BCUT2D eigenvalue weighted by Gasteiger charge is 2.08. The van der Waals surface area contributed by atoms with Crippen molar-refractivity contribution in [2.45, 2.75) is 13.3 Å². The van der Waals surface area contributed by atoms with Crippen LogP contribution >= 0.6 is 0 Å². The van der Waals surface area contributed by atoms with Crippen LogP contribution in [0.2, 0.25) is 0 Å². The molecule has 0 bridgehead atoms. The zero-order chi connectivity index (χ0) is 15.8. The monoisotopic (exact) mass is 289 g/mol. The maximum absolute atomic E-state index is 12.2. The van der Waals surface area contributed by atoms with Gasteiger partial charge in [-0.3, -0.25) is 9.78 Å². The van der Waals surface area contributed by atoms with Gasteiger partial charge >= 0.3 is 0 Å². The van der Waals surface area contributed by atoms with E-state index in [1.165, 1.54) is 0 Å². The summed E-state index contributed by atoms with van der Waals surface area (Å²) in [6, 6.07) is 13.9. The third-order valence-electron chi connectivity index (χ3n) is 3.28. The van der Waals surface area contributed by atoms with Crippen molar-refractivity contribution in [3.05, 3.63) is 90.8 Å². The molecule has 1 aromatic carbocycles. The number of carbonyl (C=O) groups is 1. The molecular formula is C20H19NO. The molecule has 0 aliphatic carbocycles. The summed E-state index contributed by atoms with van der Waals surface area (Å²) >= 11 is 0. The van der Waals surface area contributed by atoms with E-state index in [-0.39, 0.29) is 12.2 Å². The lowest BCUT2D eigenvalue weighted by Crippen LogP contribution is -2.06. The van der Waals surface area contributed by atoms with E-state index in [4.69, 9.17) is 0 Å². The largest absolute Gasteiger partial charge is 0.294 e. The van der Waals surface area contributed by atoms with Gasteiger partial charge in [0.1, 0.15) is 0 Å². The van der Waals surface area contributed by atoms with Crippen LogP contribution in [0, 0.1) is 0 Å². The SMILES string of the molecule is C=C/C(=C\C=C/C)C(=O)Cc1ccc(-c2ccccc2)cn1. The minimum atomic E-state index is 0.0214. The van der Waals surface area contributed by atoms with Crippen LogP contribution in [-0.4, -0.2) is 10.8 Å². The summed E-state index contributed by atoms with van der Waals surface area (Å²) < 4.78 is 0. The Morgan fingerprint density at radius 3 is 2.50 bits per heavy atom. The van der Waals surface area contributed by atoms with Crippen molar-refractivity contribution in [3.8, 4) is 11.1 Å². The van der Waals surface area contributed by atoms with Gasteiger partial charge in [-0.2, -0.15) is 0 Å². The molecule has 1 aromatic heterocycles. The molecule has 2 aromatic rings. The normalized spacial score (nSPS) is 11.6. The number of rotatable bonds is 6. The first-order valence-electron chi connectivity index (χ1n) is 7.23. The molecule has 22 heavy (non-hydrogen) atoms. The van der Waals surface area contributed by atoms with Crippen LogP contribution in [0.1, 0.15) is 12.6 Å². The van der Waals surface area contributed by atoms with E-state index in [2.05, 4.69) is 11.6 Å². The lowest BCUT2D eigenvalue weighted by molar-refractivity contribution is -0.114. The van der Waals surface area contributed by atoms with Gasteiger partial charge in [0.15, 0.2) is 5.78 Å². The fourth-order valence-electron chi connectivity index (χ4n) is 2.07. The second kappa shape index (κ2) is 7.89. The maximum atomic E-state index is 12.2. The van der Waals surface area contributed by atoms with Crippen molar-refractivity contribution >= 4 is 5.78 Å². The van der Waals surface area contributed by atoms with Crippen molar-refractivity contribution in [2.75, 3.05) is 0 Å². The van der Waals surface area contributed by atoms with Crippen molar-refractivity contribution in [2.24, 2.45) is 0 Å². The number of hydrogen-bond acceptors (Lipinski definition) is 2. The lowest BCUT2D eigenvalue weighted by Gasteiger charge is -2.04. The summed E-state index contributed by atoms with van der Waals surface area (Å²) in [5, 5.41) is 0. The number of pyridine rings is 1. The molecule has 0 saturated heterocycles. The van der Waals surface area contributed by atoms with Crippen LogP contribution in [0.3, 0.4) is 0 Å². The highest BCUT2D eigenvalue weighted by Crippen LogP contribution is 2.18. The number of ketones is 1. The van der Waals surface area contributed by atoms with Gasteiger partial charge in [-0.05, 0) is 18.6 Å². The van der Waals surface area contributed by atoms with E-state index in [9.17, 15) is 4.79 Å². The van der Waals surface area contributed by atoms with Gasteiger partial charge in [-0.15, -0.1) is 0 Å². The second-order valence-corrected chi connectivity index (χ2v) is 4.86. The quantitative estimate of drug-likeness (QED) is 0.577. The smallest absolute Gasteiger partial charge is 0.168 e. The summed E-state index contributed by atoms with van der Waals surface area (Å²) in [5.74, 6) is 0.0214. The number of hydrogen-bond donors (Lipinski definition) is 0. The molecule has 110 valence electrons. The average molecular weight is 289 g/mol. The van der Waals surface area contributed by atoms with Crippen LogP contribution in [0.15, 0.2) is 85.1 Å². The molecule has 0 atom stereocenters. The van der Waals surface area contributed by atoms with E-state index in [0.717, 1.165) is 16.8 Å². The van der Waals surface area contributed by atoms with Crippen LogP contribution in [-0.2, 0) is 11.2 Å². The van der Waals surface area contributed by atoms with Crippen LogP contribution in [0.5, 0.6) is 0 Å². The molecule has 0 saturated carbocycles. The summed E-state index contributed by atoms with van der Waals surface area (Å²) in [7, 11) is 0. The molecule has 2 heteroatoms. The Kier molecular flexibility index (Phi) is 5.61. The molecule has 0 aliphatic heterocycles. The summed E-state index contributed by atoms with van der Waals surface area (Å²) in [5.41, 5.74) is 3.53. The van der Waals surface area contributed by atoms with Gasteiger partial charge in [-0.25, -0.2) is 0 Å². The van der Waals surface area contributed by atoms with Gasteiger partial charge in [0.05, 0.1) is 6.42 Å². The van der Waals surface area contributed by atoms with Crippen LogP contribution in [0.4, 0.5) is 0 Å². The number of benzene rings is 1. The topological polar surface area (TPSA) is 30.0 Å². The van der Waals surface area contributed by atoms with Crippen molar-refractivity contribution in [3.63, 3.8) is 0 Å². The Morgan fingerprint density at radius 1 is 1.14 bits per heavy atom. The fourth-order valence-corrected chi connectivity index (χ4v) is 2.07. The molecule has 0 unspecified atom stereocenters. The number of carbonyl (C=O) groups excluding carboxylic acids is 1. The standard InChI is InChI=1S/C20H19NO/c1-3-5-9-16(4-2)20(22)14-19-13-12-18(15-21-19)17-10-7-6-8-11-17/h3-13,15H,2,14H2,1H3/b5-3-,16-9+. The summed E-state index contributed by atoms with van der Waals surface area (Å²) in [6.45, 7) is 5.60. The van der Waals surface area contributed by atoms with Crippen molar-refractivity contribution in [1.29, 1.82) is 0 Å². The van der Waals surface area contributed by atoms with E-state index in [1.54, 1.807) is 18.3 Å². The molecule has 2 nitrogen and oxygen atoms in total. The second-order valence-electron chi connectivity index (χ2n) is 4.86. The van der Waals surface area contributed by atoms with E-state index in [0.29, 0.717) is 5.57 Å². The lowest BCUT2D eigenvalue weighted by atomic mass is 10.0. The zero-order valence-corrected chi connectivity index (χ0v) is 12.7. The Bertz CT molecular complexity index is 694. The highest BCUT2D eigenvalue weighted by molar-refractivity contribution is 5.99. The first-order valence-corrected chi connectivity index (χ1v) is 7.23. The predicted octanol–water partition coefficient (Wildman–Crippen LogP) is 4.55. The molecule has 0 spiro atoms. The van der Waals surface area contributed by atoms with E-state index in [1.807, 2.05) is 61.5 Å². The molecular weight excluding hydrogens is 270 g/mol. The average Bonchev–Trinajstić information content (AvgIpc) is 2.57. The summed E-state index contributed by atoms with van der Waals surface area (Å²) in [6.07, 6.45) is 9.16. The Balaban J connectivity index is 2.11. The number of allylic oxidation sites excluding steroid dienone is 5. The Hall–Kier alpha value is -2.74. The minimum Gasteiger partial charge on any atom is -0.294 e. The first kappa shape index (κ1) is 15.6. The number of aromatic nitrogens is 1. The minimum absolute atomic E-state index is 0.0214. The molecule has 0 radical (unpaired) electrons. The number of Topliss-reactive ketones (excluding diaryl/α,β-unsaturated/α-hetero) is 1. The van der Waals surface area contributed by atoms with Gasteiger partial charge in [-0.1, -0.05) is 67.3 Å². The van der Waals surface area contributed by atoms with Crippen LogP contribution in [0.25, 0.3) is 11.1 Å². The van der Waals surface area contributed by atoms with Gasteiger partial charge in [0.2, 0.25) is 0 Å². The van der Waals surface area contributed by atoms with Crippen LogP contribution < -0.4 is 0 Å². The van der Waals surface area contributed by atoms with E-state index < -0.39 is 0 Å². The molecule has 2 rings (SSSR count). The van der Waals surface area contributed by atoms with Crippen molar-refractivity contribution in [1.82, 2.24) is 4.98 Å². The third kappa shape index (κ3) is 4.13. The Morgan fingerprint density at radius 2 is 1.91 bits per heavy atom. The highest BCUT2D eigenvalue weighted by atomic mass is 16.1. The molecule has 0 N–H and O–H groups in total. The van der Waals surface area contributed by atoms with Gasteiger partial charge in [0.25, 0.3) is 0 Å². The zero-order valence-electron chi connectivity index (χ0n) is 12.7. The number of nitrogens with zero attached hydrogens (tertiary/aromatic N) is 1. The Labute approximate surface area is 131 Å². The predicted molar refractivity (Wildman–Crippen MR) is 91.5 cm³/mol. The molecule has 0 fully saturated rings. The van der Waals surface area contributed by atoms with Gasteiger partial charge in [0, 0.05) is 23.0 Å². The molecule has 0 aliphatic rings. The fraction of sp³-hybridized carbons (Fsp3) is 0.100. The van der Waals surface area contributed by atoms with Crippen molar-refractivity contribution < 1.29 is 4.79 Å². The third-order valence-corrected chi connectivity index (χ3v) is 3.28.